The molecule has 4 atom stereocenters. The first kappa shape index (κ1) is 19.5. The van der Waals surface area contributed by atoms with Crippen LogP contribution >= 0.6 is 0 Å². The van der Waals surface area contributed by atoms with Gasteiger partial charge in [0.1, 0.15) is 6.54 Å². The largest absolute Gasteiger partial charge is 0.334 e. The number of carbonyl (C=O) groups excluding carboxylic acids is 4. The van der Waals surface area contributed by atoms with E-state index in [4.69, 9.17) is 0 Å². The average molecular weight is 405 g/mol. The Balaban J connectivity index is 1.43. The van der Waals surface area contributed by atoms with Crippen LogP contribution in [-0.4, -0.2) is 46.1 Å². The van der Waals surface area contributed by atoms with Crippen LogP contribution in [0.4, 0.5) is 19.3 Å². The number of imide groups is 2. The third kappa shape index (κ3) is 3.38. The van der Waals surface area contributed by atoms with Gasteiger partial charge in [0, 0.05) is 17.8 Å². The van der Waals surface area contributed by atoms with Gasteiger partial charge in [0.05, 0.1) is 0 Å². The maximum Gasteiger partial charge on any atom is 0.334 e. The SMILES string of the molecule is C[C@H]([C@@H]1C[C@H]2CC[C@H]1C2)N1C(=O)C(=O)N(CC(=O)Nc2ccc(F)c(F)c2)C1=O. The molecule has 3 fully saturated rings. The van der Waals surface area contributed by atoms with Gasteiger partial charge in [-0.2, -0.15) is 0 Å². The number of fused-ring (bicyclic) bond motifs is 2. The second-order valence-electron chi connectivity index (χ2n) is 8.11. The van der Waals surface area contributed by atoms with Gasteiger partial charge < -0.3 is 5.32 Å². The Morgan fingerprint density at radius 1 is 1.14 bits per heavy atom. The molecule has 5 amide bonds. The highest BCUT2D eigenvalue weighted by atomic mass is 19.2. The number of rotatable bonds is 5. The minimum absolute atomic E-state index is 0.0217. The molecule has 2 bridgehead atoms. The summed E-state index contributed by atoms with van der Waals surface area (Å²) >= 11 is 0. The molecule has 2 saturated carbocycles. The van der Waals surface area contributed by atoms with Crippen molar-refractivity contribution in [3.05, 3.63) is 29.8 Å². The van der Waals surface area contributed by atoms with Crippen molar-refractivity contribution in [1.29, 1.82) is 0 Å². The number of carbonyl (C=O) groups is 4. The zero-order valence-electron chi connectivity index (χ0n) is 15.9. The van der Waals surface area contributed by atoms with E-state index in [1.807, 2.05) is 0 Å². The summed E-state index contributed by atoms with van der Waals surface area (Å²) in [7, 11) is 0. The molecule has 1 saturated heterocycles. The summed E-state index contributed by atoms with van der Waals surface area (Å²) < 4.78 is 26.2. The van der Waals surface area contributed by atoms with Gasteiger partial charge in [-0.25, -0.2) is 18.5 Å². The van der Waals surface area contributed by atoms with Crippen LogP contribution in [0.3, 0.4) is 0 Å². The maximum absolute atomic E-state index is 13.3. The Bertz CT molecular complexity index is 906. The zero-order valence-corrected chi connectivity index (χ0v) is 15.9. The number of halogens is 2. The van der Waals surface area contributed by atoms with Crippen molar-refractivity contribution in [3.8, 4) is 0 Å². The van der Waals surface area contributed by atoms with Crippen LogP contribution < -0.4 is 5.32 Å². The van der Waals surface area contributed by atoms with Crippen LogP contribution in [0.1, 0.15) is 32.6 Å². The molecule has 1 aromatic carbocycles. The van der Waals surface area contributed by atoms with Crippen LogP contribution in [0.2, 0.25) is 0 Å². The van der Waals surface area contributed by atoms with Gasteiger partial charge in [-0.05, 0) is 56.1 Å². The van der Waals surface area contributed by atoms with Gasteiger partial charge >= 0.3 is 17.8 Å². The fourth-order valence-corrected chi connectivity index (χ4v) is 5.02. The fourth-order valence-electron chi connectivity index (χ4n) is 5.02. The molecule has 1 aliphatic heterocycles. The highest BCUT2D eigenvalue weighted by molar-refractivity contribution is 6.45. The number of nitrogens with one attached hydrogen (secondary N) is 1. The predicted octanol–water partition coefficient (Wildman–Crippen LogP) is 2.52. The van der Waals surface area contributed by atoms with Crippen molar-refractivity contribution < 1.29 is 28.0 Å². The smallest absolute Gasteiger partial charge is 0.324 e. The summed E-state index contributed by atoms with van der Waals surface area (Å²) in [6.45, 7) is 1.10. The molecule has 1 heterocycles. The summed E-state index contributed by atoms with van der Waals surface area (Å²) in [5.74, 6) is -3.73. The molecule has 0 unspecified atom stereocenters. The van der Waals surface area contributed by atoms with E-state index < -0.39 is 48.0 Å². The van der Waals surface area contributed by atoms with Crippen LogP contribution in [0, 0.1) is 29.4 Å². The van der Waals surface area contributed by atoms with E-state index in [9.17, 15) is 28.0 Å². The number of hydrogen-bond acceptors (Lipinski definition) is 4. The molecule has 29 heavy (non-hydrogen) atoms. The van der Waals surface area contributed by atoms with Gasteiger partial charge in [-0.3, -0.25) is 19.3 Å². The number of nitrogens with zero attached hydrogens (tertiary/aromatic N) is 2. The molecule has 0 radical (unpaired) electrons. The number of anilines is 1. The fraction of sp³-hybridized carbons (Fsp3) is 0.500. The molecule has 1 aromatic rings. The first-order chi connectivity index (χ1) is 13.8. The highest BCUT2D eigenvalue weighted by Gasteiger charge is 2.52. The normalized spacial score (nSPS) is 27.1. The number of benzene rings is 1. The van der Waals surface area contributed by atoms with Gasteiger partial charge in [0.25, 0.3) is 0 Å². The molecule has 7 nitrogen and oxygen atoms in total. The van der Waals surface area contributed by atoms with E-state index in [0.29, 0.717) is 16.7 Å². The van der Waals surface area contributed by atoms with E-state index in [0.717, 1.165) is 42.4 Å². The average Bonchev–Trinajstić information content (AvgIpc) is 3.36. The van der Waals surface area contributed by atoms with Gasteiger partial charge in [0.2, 0.25) is 5.91 Å². The van der Waals surface area contributed by atoms with Crippen molar-refractivity contribution >= 4 is 29.4 Å². The van der Waals surface area contributed by atoms with Crippen molar-refractivity contribution in [2.24, 2.45) is 17.8 Å². The third-order valence-corrected chi connectivity index (χ3v) is 6.41. The third-order valence-electron chi connectivity index (χ3n) is 6.41. The monoisotopic (exact) mass is 405 g/mol. The van der Waals surface area contributed by atoms with Crippen LogP contribution in [-0.2, 0) is 14.4 Å². The van der Waals surface area contributed by atoms with Crippen molar-refractivity contribution in [2.75, 3.05) is 11.9 Å². The maximum atomic E-state index is 13.3. The number of amides is 5. The van der Waals surface area contributed by atoms with Crippen molar-refractivity contribution in [2.45, 2.75) is 38.6 Å². The van der Waals surface area contributed by atoms with E-state index in [1.165, 1.54) is 6.42 Å². The van der Waals surface area contributed by atoms with Crippen LogP contribution in [0.15, 0.2) is 18.2 Å². The van der Waals surface area contributed by atoms with Crippen molar-refractivity contribution in [3.63, 3.8) is 0 Å². The Morgan fingerprint density at radius 2 is 1.90 bits per heavy atom. The molecular formula is C20H21F2N3O4. The summed E-state index contributed by atoms with van der Waals surface area (Å²) in [5, 5.41) is 2.29. The van der Waals surface area contributed by atoms with E-state index in [2.05, 4.69) is 5.32 Å². The highest BCUT2D eigenvalue weighted by Crippen LogP contribution is 2.50. The number of urea groups is 1. The first-order valence-corrected chi connectivity index (χ1v) is 9.70. The van der Waals surface area contributed by atoms with Crippen LogP contribution in [0.5, 0.6) is 0 Å². The Labute approximate surface area is 166 Å². The van der Waals surface area contributed by atoms with Crippen LogP contribution in [0.25, 0.3) is 0 Å². The minimum Gasteiger partial charge on any atom is -0.324 e. The second-order valence-corrected chi connectivity index (χ2v) is 8.11. The second kappa shape index (κ2) is 7.20. The molecule has 2 aliphatic carbocycles. The Kier molecular flexibility index (Phi) is 4.84. The molecule has 154 valence electrons. The minimum atomic E-state index is -1.14. The predicted molar refractivity (Wildman–Crippen MR) is 97.3 cm³/mol. The van der Waals surface area contributed by atoms with E-state index >= 15 is 0 Å². The zero-order chi connectivity index (χ0) is 20.9. The lowest BCUT2D eigenvalue weighted by atomic mass is 9.83. The summed E-state index contributed by atoms with van der Waals surface area (Å²) in [5.41, 5.74) is -0.0217. The quantitative estimate of drug-likeness (QED) is 0.603. The topological polar surface area (TPSA) is 86.8 Å². The summed E-state index contributed by atoms with van der Waals surface area (Å²) in [6, 6.07) is 1.57. The molecule has 1 N–H and O–H groups in total. The molecular weight excluding hydrogens is 384 g/mol. The molecule has 0 aromatic heterocycles. The van der Waals surface area contributed by atoms with Crippen molar-refractivity contribution in [1.82, 2.24) is 9.80 Å². The number of hydrogen-bond donors (Lipinski definition) is 1. The van der Waals surface area contributed by atoms with Gasteiger partial charge in [-0.1, -0.05) is 6.42 Å². The van der Waals surface area contributed by atoms with E-state index in [-0.39, 0.29) is 11.6 Å². The lowest BCUT2D eigenvalue weighted by Crippen LogP contribution is -2.45. The molecule has 3 aliphatic rings. The molecule has 4 rings (SSSR count). The molecule has 9 heteroatoms. The summed E-state index contributed by atoms with van der Waals surface area (Å²) in [4.78, 5) is 51.3. The standard InChI is InChI=1S/C20H21F2N3O4/c1-10(14-7-11-2-3-12(14)6-11)25-19(28)18(27)24(20(25)29)9-17(26)23-13-4-5-15(21)16(22)8-13/h4-5,8,10-12,14H,2-3,6-7,9H2,1H3,(H,23,26)/t10-,11+,12+,14+/m1/s1. The lowest BCUT2D eigenvalue weighted by Gasteiger charge is -2.32. The van der Waals surface area contributed by atoms with E-state index in [1.54, 1.807) is 6.92 Å². The Hall–Kier alpha value is -2.84. The first-order valence-electron chi connectivity index (χ1n) is 9.70. The van der Waals surface area contributed by atoms with Gasteiger partial charge in [-0.15, -0.1) is 0 Å². The molecule has 0 spiro atoms. The lowest BCUT2D eigenvalue weighted by molar-refractivity contribution is -0.144. The van der Waals surface area contributed by atoms with Gasteiger partial charge in [0.15, 0.2) is 11.6 Å². The Morgan fingerprint density at radius 3 is 2.52 bits per heavy atom. The summed E-state index contributed by atoms with van der Waals surface area (Å²) in [6.07, 6.45) is 4.28.